The molecule has 0 aromatic heterocycles. The Bertz CT molecular complexity index is 958. The summed E-state index contributed by atoms with van der Waals surface area (Å²) in [4.78, 5) is 48.6. The van der Waals surface area contributed by atoms with Crippen molar-refractivity contribution in [2.45, 2.75) is 25.8 Å². The van der Waals surface area contributed by atoms with Crippen molar-refractivity contribution in [3.63, 3.8) is 0 Å². The highest BCUT2D eigenvalue weighted by molar-refractivity contribution is 6.00. The third-order valence-corrected chi connectivity index (χ3v) is 4.72. The van der Waals surface area contributed by atoms with Crippen LogP contribution in [0.4, 0.5) is 21.9 Å². The Labute approximate surface area is 166 Å². The molecule has 1 atom stereocenters. The van der Waals surface area contributed by atoms with Crippen LogP contribution in [-0.4, -0.2) is 40.1 Å². The number of nitro benzene ring substituents is 1. The normalized spacial score (nSPS) is 15.6. The molecule has 9 nitrogen and oxygen atoms in total. The first kappa shape index (κ1) is 20.0. The SMILES string of the molecule is CC(=O)c1ccc(NC(=O)[C@H]2CCCN2C(=O)Nc2ccccc2[N+](=O)[O-])cc1. The van der Waals surface area contributed by atoms with Gasteiger partial charge in [-0.2, -0.15) is 0 Å². The molecule has 29 heavy (non-hydrogen) atoms. The summed E-state index contributed by atoms with van der Waals surface area (Å²) >= 11 is 0. The topological polar surface area (TPSA) is 122 Å². The number of ketones is 1. The summed E-state index contributed by atoms with van der Waals surface area (Å²) in [5, 5.41) is 16.4. The van der Waals surface area contributed by atoms with Crippen LogP contribution >= 0.6 is 0 Å². The number of para-hydroxylation sites is 2. The van der Waals surface area contributed by atoms with Crippen LogP contribution < -0.4 is 10.6 Å². The zero-order chi connectivity index (χ0) is 21.0. The lowest BCUT2D eigenvalue weighted by Gasteiger charge is -2.24. The minimum atomic E-state index is -0.690. The molecule has 0 spiro atoms. The van der Waals surface area contributed by atoms with Crippen molar-refractivity contribution < 1.29 is 19.3 Å². The summed E-state index contributed by atoms with van der Waals surface area (Å²) < 4.78 is 0. The fourth-order valence-corrected chi connectivity index (χ4v) is 3.22. The Morgan fingerprint density at radius 1 is 1.07 bits per heavy atom. The van der Waals surface area contributed by atoms with Crippen LogP contribution in [0.25, 0.3) is 0 Å². The zero-order valence-electron chi connectivity index (χ0n) is 15.8. The minimum absolute atomic E-state index is 0.0727. The zero-order valence-corrected chi connectivity index (χ0v) is 15.8. The molecule has 1 fully saturated rings. The van der Waals surface area contributed by atoms with Gasteiger partial charge in [-0.05, 0) is 50.1 Å². The predicted molar refractivity (Wildman–Crippen MR) is 107 cm³/mol. The Kier molecular flexibility index (Phi) is 5.87. The van der Waals surface area contributed by atoms with Crippen LogP contribution in [0.15, 0.2) is 48.5 Å². The van der Waals surface area contributed by atoms with Gasteiger partial charge in [0.2, 0.25) is 5.91 Å². The van der Waals surface area contributed by atoms with Gasteiger partial charge < -0.3 is 15.5 Å². The van der Waals surface area contributed by atoms with Crippen LogP contribution in [0, 0.1) is 10.1 Å². The highest BCUT2D eigenvalue weighted by atomic mass is 16.6. The van der Waals surface area contributed by atoms with Crippen LogP contribution in [0.5, 0.6) is 0 Å². The number of urea groups is 1. The first-order valence-electron chi connectivity index (χ1n) is 9.09. The summed E-state index contributed by atoms with van der Waals surface area (Å²) in [6.07, 6.45) is 1.13. The summed E-state index contributed by atoms with van der Waals surface area (Å²) in [6.45, 7) is 1.83. The van der Waals surface area contributed by atoms with Crippen molar-refractivity contribution in [1.29, 1.82) is 0 Å². The van der Waals surface area contributed by atoms with E-state index in [4.69, 9.17) is 0 Å². The van der Waals surface area contributed by atoms with Crippen molar-refractivity contribution >= 4 is 34.8 Å². The van der Waals surface area contributed by atoms with E-state index in [9.17, 15) is 24.5 Å². The van der Waals surface area contributed by atoms with Gasteiger partial charge >= 0.3 is 6.03 Å². The average Bonchev–Trinajstić information content (AvgIpc) is 3.19. The molecule has 2 aromatic rings. The molecule has 1 aliphatic rings. The molecule has 0 saturated carbocycles. The average molecular weight is 396 g/mol. The van der Waals surface area contributed by atoms with Gasteiger partial charge in [-0.15, -0.1) is 0 Å². The second kappa shape index (κ2) is 8.51. The fourth-order valence-electron chi connectivity index (χ4n) is 3.22. The maximum atomic E-state index is 12.7. The minimum Gasteiger partial charge on any atom is -0.324 e. The maximum Gasteiger partial charge on any atom is 0.322 e. The number of amides is 3. The Balaban J connectivity index is 1.69. The number of rotatable bonds is 5. The molecular formula is C20H20N4O5. The molecule has 9 heteroatoms. The van der Waals surface area contributed by atoms with E-state index in [0.29, 0.717) is 30.6 Å². The van der Waals surface area contributed by atoms with Crippen molar-refractivity contribution in [2.75, 3.05) is 17.2 Å². The lowest BCUT2D eigenvalue weighted by molar-refractivity contribution is -0.383. The molecule has 0 radical (unpaired) electrons. The largest absolute Gasteiger partial charge is 0.324 e. The fraction of sp³-hybridized carbons (Fsp3) is 0.250. The summed E-state index contributed by atoms with van der Waals surface area (Å²) in [6, 6.07) is 11.1. The number of nitrogens with one attached hydrogen (secondary N) is 2. The molecule has 2 N–H and O–H groups in total. The molecule has 3 amide bonds. The van der Waals surface area contributed by atoms with E-state index >= 15 is 0 Å². The van der Waals surface area contributed by atoms with E-state index in [1.165, 1.54) is 30.0 Å². The van der Waals surface area contributed by atoms with Crippen molar-refractivity contribution in [3.05, 3.63) is 64.2 Å². The van der Waals surface area contributed by atoms with E-state index in [2.05, 4.69) is 10.6 Å². The number of likely N-dealkylation sites (tertiary alicyclic amines) is 1. The number of nitro groups is 1. The van der Waals surface area contributed by atoms with Crippen molar-refractivity contribution in [2.24, 2.45) is 0 Å². The van der Waals surface area contributed by atoms with Gasteiger partial charge in [0, 0.05) is 23.9 Å². The van der Waals surface area contributed by atoms with E-state index in [1.807, 2.05) is 0 Å². The van der Waals surface area contributed by atoms with Gasteiger partial charge in [-0.3, -0.25) is 19.7 Å². The van der Waals surface area contributed by atoms with Gasteiger partial charge in [0.25, 0.3) is 5.69 Å². The molecule has 1 heterocycles. The van der Waals surface area contributed by atoms with Crippen LogP contribution in [0.1, 0.15) is 30.1 Å². The van der Waals surface area contributed by atoms with E-state index in [0.717, 1.165) is 0 Å². The Morgan fingerprint density at radius 3 is 2.41 bits per heavy atom. The summed E-state index contributed by atoms with van der Waals surface area (Å²) in [5.74, 6) is -0.424. The molecular weight excluding hydrogens is 376 g/mol. The third-order valence-electron chi connectivity index (χ3n) is 4.72. The molecule has 0 bridgehead atoms. The lowest BCUT2D eigenvalue weighted by Crippen LogP contribution is -2.45. The number of hydrogen-bond donors (Lipinski definition) is 2. The lowest BCUT2D eigenvalue weighted by atomic mass is 10.1. The van der Waals surface area contributed by atoms with Crippen LogP contribution in [0.3, 0.4) is 0 Å². The molecule has 0 aliphatic carbocycles. The van der Waals surface area contributed by atoms with Gasteiger partial charge in [-0.25, -0.2) is 4.79 Å². The van der Waals surface area contributed by atoms with E-state index in [1.54, 1.807) is 30.3 Å². The predicted octanol–water partition coefficient (Wildman–Crippen LogP) is 3.43. The number of hydrogen-bond acceptors (Lipinski definition) is 5. The Hall–Kier alpha value is -3.75. The highest BCUT2D eigenvalue weighted by Gasteiger charge is 2.34. The first-order valence-corrected chi connectivity index (χ1v) is 9.09. The van der Waals surface area contributed by atoms with E-state index < -0.39 is 17.0 Å². The standard InChI is InChI=1S/C20H20N4O5/c1-13(25)14-8-10-15(11-9-14)21-19(26)18-7-4-12-23(18)20(27)22-16-5-2-3-6-17(16)24(28)29/h2-3,5-6,8-11,18H,4,7,12H2,1H3,(H,21,26)(H,22,27)/t18-/m1/s1. The van der Waals surface area contributed by atoms with Gasteiger partial charge in [0.05, 0.1) is 4.92 Å². The molecule has 1 aliphatic heterocycles. The molecule has 2 aromatic carbocycles. The number of Topliss-reactive ketones (excluding diaryl/α,β-unsaturated/α-hetero) is 1. The smallest absolute Gasteiger partial charge is 0.322 e. The summed E-state index contributed by atoms with van der Waals surface area (Å²) in [7, 11) is 0. The molecule has 3 rings (SSSR count). The Morgan fingerprint density at radius 2 is 1.76 bits per heavy atom. The first-order chi connectivity index (χ1) is 13.9. The van der Waals surface area contributed by atoms with Gasteiger partial charge in [-0.1, -0.05) is 12.1 Å². The number of carbonyl (C=O) groups is 3. The molecule has 0 unspecified atom stereocenters. The van der Waals surface area contributed by atoms with Gasteiger partial charge in [0.15, 0.2) is 5.78 Å². The van der Waals surface area contributed by atoms with Crippen LogP contribution in [-0.2, 0) is 4.79 Å². The van der Waals surface area contributed by atoms with Crippen molar-refractivity contribution in [3.8, 4) is 0 Å². The van der Waals surface area contributed by atoms with Crippen molar-refractivity contribution in [1.82, 2.24) is 4.90 Å². The second-order valence-electron chi connectivity index (χ2n) is 6.68. The monoisotopic (exact) mass is 396 g/mol. The molecule has 1 saturated heterocycles. The number of nitrogens with zero attached hydrogens (tertiary/aromatic N) is 2. The quantitative estimate of drug-likeness (QED) is 0.455. The number of anilines is 2. The van der Waals surface area contributed by atoms with Crippen LogP contribution in [0.2, 0.25) is 0 Å². The highest BCUT2D eigenvalue weighted by Crippen LogP contribution is 2.26. The third kappa shape index (κ3) is 4.57. The molecule has 150 valence electrons. The number of benzene rings is 2. The maximum absolute atomic E-state index is 12.7. The van der Waals surface area contributed by atoms with Gasteiger partial charge in [0.1, 0.15) is 11.7 Å². The van der Waals surface area contributed by atoms with E-state index in [-0.39, 0.29) is 23.1 Å². The second-order valence-corrected chi connectivity index (χ2v) is 6.68. The number of carbonyl (C=O) groups excluding carboxylic acids is 3. The summed E-state index contributed by atoms with van der Waals surface area (Å²) in [5.41, 5.74) is 0.917.